The third-order valence-electron chi connectivity index (χ3n) is 4.37. The molecular weight excluding hydrogens is 258 g/mol. The molecule has 4 rings (SSSR count). The molecule has 104 valence electrons. The summed E-state index contributed by atoms with van der Waals surface area (Å²) in [5.41, 5.74) is 13.5. The molecule has 0 saturated carbocycles. The number of nitrogens with one attached hydrogen (secondary N) is 1. The molecule has 3 nitrogen and oxygen atoms in total. The van der Waals surface area contributed by atoms with Gasteiger partial charge in [0.25, 0.3) is 0 Å². The normalized spacial score (nSPS) is 16.3. The van der Waals surface area contributed by atoms with Gasteiger partial charge in [-0.05, 0) is 30.0 Å². The number of aromatic amines is 1. The average Bonchev–Trinajstić information content (AvgIpc) is 2.83. The predicted molar refractivity (Wildman–Crippen MR) is 85.2 cm³/mol. The van der Waals surface area contributed by atoms with E-state index >= 15 is 0 Å². The first-order chi connectivity index (χ1) is 10.2. The highest BCUT2D eigenvalue weighted by atomic mass is 15.2. The average molecular weight is 275 g/mol. The van der Waals surface area contributed by atoms with Crippen LogP contribution in [0.4, 0.5) is 5.82 Å². The molecule has 1 aliphatic rings. The van der Waals surface area contributed by atoms with Crippen molar-refractivity contribution in [3.05, 3.63) is 70.9 Å². The quantitative estimate of drug-likeness (QED) is 0.750. The largest absolute Gasteiger partial charge is 0.382 e. The van der Waals surface area contributed by atoms with Crippen molar-refractivity contribution in [3.63, 3.8) is 0 Å². The number of fused-ring (bicyclic) bond motifs is 1. The maximum Gasteiger partial charge on any atom is 0.153 e. The van der Waals surface area contributed by atoms with Gasteiger partial charge in [-0.25, -0.2) is 0 Å². The lowest BCUT2D eigenvalue weighted by Crippen LogP contribution is -2.19. The van der Waals surface area contributed by atoms with E-state index in [2.05, 4.69) is 65.7 Å². The Morgan fingerprint density at radius 3 is 2.62 bits per heavy atom. The number of nitrogen functional groups attached to an aromatic ring is 1. The summed E-state index contributed by atoms with van der Waals surface area (Å²) in [4.78, 5) is 0. The minimum Gasteiger partial charge on any atom is -0.382 e. The Morgan fingerprint density at radius 2 is 1.86 bits per heavy atom. The molecule has 1 aromatic heterocycles. The van der Waals surface area contributed by atoms with Crippen molar-refractivity contribution in [1.29, 1.82) is 0 Å². The van der Waals surface area contributed by atoms with Gasteiger partial charge in [-0.2, -0.15) is 5.10 Å². The van der Waals surface area contributed by atoms with E-state index in [9.17, 15) is 0 Å². The summed E-state index contributed by atoms with van der Waals surface area (Å²) in [5.74, 6) is 0.959. The number of rotatable bonds is 2. The van der Waals surface area contributed by atoms with Gasteiger partial charge in [0.05, 0.1) is 5.69 Å². The van der Waals surface area contributed by atoms with Crippen LogP contribution in [0.3, 0.4) is 0 Å². The van der Waals surface area contributed by atoms with Crippen LogP contribution in [-0.4, -0.2) is 10.2 Å². The van der Waals surface area contributed by atoms with Gasteiger partial charge in [0.1, 0.15) is 0 Å². The number of nitrogens with two attached hydrogens (primary N) is 1. The van der Waals surface area contributed by atoms with E-state index in [0.29, 0.717) is 11.7 Å². The number of aromatic nitrogens is 2. The SMILES string of the molecule is Cc1ccc(-c2c(N)n[nH]c2C2Cc3ccccc32)cc1. The molecule has 0 spiro atoms. The molecule has 0 fully saturated rings. The topological polar surface area (TPSA) is 54.7 Å². The van der Waals surface area contributed by atoms with Gasteiger partial charge in [-0.1, -0.05) is 54.1 Å². The summed E-state index contributed by atoms with van der Waals surface area (Å²) in [5, 5.41) is 7.40. The number of hydrogen-bond donors (Lipinski definition) is 2. The highest BCUT2D eigenvalue weighted by Crippen LogP contribution is 2.44. The minimum absolute atomic E-state index is 0.377. The van der Waals surface area contributed by atoms with Crippen LogP contribution in [0.2, 0.25) is 0 Å². The van der Waals surface area contributed by atoms with Crippen molar-refractivity contribution in [2.45, 2.75) is 19.3 Å². The minimum atomic E-state index is 0.377. The molecule has 0 radical (unpaired) electrons. The Morgan fingerprint density at radius 1 is 1.10 bits per heavy atom. The lowest BCUT2D eigenvalue weighted by molar-refractivity contribution is 0.683. The van der Waals surface area contributed by atoms with E-state index in [4.69, 9.17) is 5.73 Å². The zero-order chi connectivity index (χ0) is 14.4. The van der Waals surface area contributed by atoms with Crippen molar-refractivity contribution >= 4 is 5.82 Å². The highest BCUT2D eigenvalue weighted by Gasteiger charge is 2.31. The Bertz CT molecular complexity index is 800. The van der Waals surface area contributed by atoms with Gasteiger partial charge in [-0.3, -0.25) is 5.10 Å². The second kappa shape index (κ2) is 4.48. The Labute approximate surface area is 123 Å². The third-order valence-corrected chi connectivity index (χ3v) is 4.37. The van der Waals surface area contributed by atoms with E-state index in [1.54, 1.807) is 0 Å². The van der Waals surface area contributed by atoms with Crippen LogP contribution in [0, 0.1) is 6.92 Å². The Balaban J connectivity index is 1.81. The van der Waals surface area contributed by atoms with Gasteiger partial charge in [0.15, 0.2) is 5.82 Å². The van der Waals surface area contributed by atoms with Gasteiger partial charge in [-0.15, -0.1) is 0 Å². The van der Waals surface area contributed by atoms with Gasteiger partial charge >= 0.3 is 0 Å². The van der Waals surface area contributed by atoms with E-state index in [1.165, 1.54) is 16.7 Å². The number of benzene rings is 2. The van der Waals surface area contributed by atoms with Crippen LogP contribution in [0.15, 0.2) is 48.5 Å². The fourth-order valence-electron chi connectivity index (χ4n) is 3.16. The molecule has 3 aromatic rings. The molecule has 1 unspecified atom stereocenters. The van der Waals surface area contributed by atoms with Crippen LogP contribution >= 0.6 is 0 Å². The zero-order valence-electron chi connectivity index (χ0n) is 11.9. The number of hydrogen-bond acceptors (Lipinski definition) is 2. The van der Waals surface area contributed by atoms with E-state index in [1.807, 2.05) is 0 Å². The van der Waals surface area contributed by atoms with Gasteiger partial charge in [0.2, 0.25) is 0 Å². The van der Waals surface area contributed by atoms with Gasteiger partial charge in [0, 0.05) is 11.5 Å². The molecule has 0 amide bonds. The van der Waals surface area contributed by atoms with Crippen molar-refractivity contribution in [1.82, 2.24) is 10.2 Å². The van der Waals surface area contributed by atoms with Crippen molar-refractivity contribution in [2.75, 3.05) is 5.73 Å². The van der Waals surface area contributed by atoms with Crippen molar-refractivity contribution in [3.8, 4) is 11.1 Å². The lowest BCUT2D eigenvalue weighted by Gasteiger charge is -2.30. The number of nitrogens with zero attached hydrogens (tertiary/aromatic N) is 1. The molecule has 0 bridgehead atoms. The van der Waals surface area contributed by atoms with Gasteiger partial charge < -0.3 is 5.73 Å². The molecule has 1 aliphatic carbocycles. The van der Waals surface area contributed by atoms with E-state index in [0.717, 1.165) is 23.2 Å². The fraction of sp³-hybridized carbons (Fsp3) is 0.167. The molecule has 0 saturated heterocycles. The van der Waals surface area contributed by atoms with Crippen LogP contribution in [0.1, 0.15) is 28.3 Å². The van der Waals surface area contributed by atoms with Crippen molar-refractivity contribution in [2.24, 2.45) is 0 Å². The van der Waals surface area contributed by atoms with E-state index < -0.39 is 0 Å². The molecule has 0 aliphatic heterocycles. The second-order valence-corrected chi connectivity index (χ2v) is 5.72. The third kappa shape index (κ3) is 1.85. The Hall–Kier alpha value is -2.55. The Kier molecular flexibility index (Phi) is 2.61. The first-order valence-electron chi connectivity index (χ1n) is 7.22. The predicted octanol–water partition coefficient (Wildman–Crippen LogP) is 3.66. The number of H-pyrrole nitrogens is 1. The first kappa shape index (κ1) is 12.2. The molecular formula is C18H17N3. The lowest BCUT2D eigenvalue weighted by atomic mass is 9.74. The summed E-state index contributed by atoms with van der Waals surface area (Å²) < 4.78 is 0. The molecule has 2 aromatic carbocycles. The summed E-state index contributed by atoms with van der Waals surface area (Å²) in [7, 11) is 0. The van der Waals surface area contributed by atoms with Crippen molar-refractivity contribution < 1.29 is 0 Å². The molecule has 1 heterocycles. The summed E-state index contributed by atoms with van der Waals surface area (Å²) in [6, 6.07) is 17.0. The molecule has 21 heavy (non-hydrogen) atoms. The number of aryl methyl sites for hydroxylation is 1. The maximum atomic E-state index is 6.11. The van der Waals surface area contributed by atoms with Crippen LogP contribution in [0.25, 0.3) is 11.1 Å². The first-order valence-corrected chi connectivity index (χ1v) is 7.22. The smallest absolute Gasteiger partial charge is 0.153 e. The summed E-state index contributed by atoms with van der Waals surface area (Å²) >= 11 is 0. The molecule has 3 heteroatoms. The fourth-order valence-corrected chi connectivity index (χ4v) is 3.16. The van der Waals surface area contributed by atoms with Crippen LogP contribution < -0.4 is 5.73 Å². The monoisotopic (exact) mass is 275 g/mol. The molecule has 1 atom stereocenters. The van der Waals surface area contributed by atoms with E-state index in [-0.39, 0.29) is 0 Å². The maximum absolute atomic E-state index is 6.11. The van der Waals surface area contributed by atoms with Crippen LogP contribution in [0.5, 0.6) is 0 Å². The summed E-state index contributed by atoms with van der Waals surface area (Å²) in [6.45, 7) is 2.09. The zero-order valence-corrected chi connectivity index (χ0v) is 11.9. The number of anilines is 1. The summed E-state index contributed by atoms with van der Waals surface area (Å²) in [6.07, 6.45) is 1.05. The second-order valence-electron chi connectivity index (χ2n) is 5.72. The van der Waals surface area contributed by atoms with Crippen LogP contribution in [-0.2, 0) is 6.42 Å². The molecule has 3 N–H and O–H groups in total. The standard InChI is InChI=1S/C18H17N3/c1-11-6-8-12(9-7-11)16-17(20-21-18(16)19)15-10-13-4-2-3-5-14(13)15/h2-9,15H,10H2,1H3,(H3,19,20,21). The highest BCUT2D eigenvalue weighted by molar-refractivity contribution is 5.78.